The number of nitrogens with two attached hydrogens (primary N) is 3. The molecule has 12 N–H and O–H groups in total. The summed E-state index contributed by atoms with van der Waals surface area (Å²) < 4.78 is 80.5. The molecule has 0 bridgehead atoms. The third-order valence-corrected chi connectivity index (χ3v) is 13.8. The van der Waals surface area contributed by atoms with Gasteiger partial charge in [-0.25, -0.2) is 54.0 Å². The number of rotatable bonds is 17. The van der Waals surface area contributed by atoms with E-state index in [9.17, 15) is 38.9 Å². The topological polar surface area (TPSA) is 447 Å². The zero-order valence-electron chi connectivity index (χ0n) is 34.2. The van der Waals surface area contributed by atoms with Gasteiger partial charge in [-0.3, -0.25) is 27.3 Å². The molecule has 13 unspecified atom stereocenters. The number of nitrogen functional groups attached to an aromatic ring is 3. The number of fused-ring (bicyclic) bond motifs is 3. The van der Waals surface area contributed by atoms with E-state index in [1.54, 1.807) is 0 Å². The van der Waals surface area contributed by atoms with Crippen LogP contribution in [-0.4, -0.2) is 164 Å². The van der Waals surface area contributed by atoms with Gasteiger partial charge in [0.15, 0.2) is 53.1 Å². The smallest absolute Gasteiger partial charge is 0.387 e. The maximum atomic E-state index is 13.8. The number of aliphatic hydroxyl groups excluding tert-OH is 2. The summed E-state index contributed by atoms with van der Waals surface area (Å²) >= 11 is 5.38. The van der Waals surface area contributed by atoms with E-state index in [1.807, 2.05) is 0 Å². The highest BCUT2D eigenvalue weighted by Gasteiger charge is 2.52. The molecule has 9 rings (SSSR count). The Hall–Kier alpha value is -4.44. The van der Waals surface area contributed by atoms with Crippen molar-refractivity contribution in [3.63, 3.8) is 0 Å². The zero-order chi connectivity index (χ0) is 47.6. The fourth-order valence-corrected chi connectivity index (χ4v) is 10.5. The third-order valence-electron chi connectivity index (χ3n) is 10.8. The average molecular weight is 1020 g/mol. The summed E-state index contributed by atoms with van der Waals surface area (Å²) in [5.41, 5.74) is 18.9. The molecular weight excluding hydrogens is 979 g/mol. The van der Waals surface area contributed by atoms with Gasteiger partial charge in [0.25, 0.3) is 0 Å². The monoisotopic (exact) mass is 1020 g/mol. The van der Waals surface area contributed by atoms with Crippen LogP contribution in [0.3, 0.4) is 0 Å². The van der Waals surface area contributed by atoms with Crippen LogP contribution < -0.4 is 17.2 Å². The SMILES string of the molecule is COC1C(COP(=O)(O)O)OC(n2cnc3c(N)ncnc32)C1OP(=O)(O)OCC1CC(OP(O)(=S)OCC2OC(n3cnc4c(N)ncnc43)C(O)C2O)C(n2cnc3c(N)ncnc32)O1. The van der Waals surface area contributed by atoms with Gasteiger partial charge in [0.05, 0.1) is 44.9 Å². The van der Waals surface area contributed by atoms with E-state index >= 15 is 0 Å². The van der Waals surface area contributed by atoms with E-state index in [2.05, 4.69) is 49.4 Å². The zero-order valence-corrected chi connectivity index (χ0v) is 37.7. The van der Waals surface area contributed by atoms with Gasteiger partial charge in [-0.15, -0.1) is 0 Å². The normalized spacial score (nSPS) is 29.9. The number of aliphatic hydroxyl groups is 2. The molecule has 36 heteroatoms. The minimum atomic E-state index is -5.18. The van der Waals surface area contributed by atoms with E-state index in [0.29, 0.717) is 0 Å². The molecule has 0 spiro atoms. The van der Waals surface area contributed by atoms with Gasteiger partial charge in [0, 0.05) is 13.5 Å². The molecule has 0 radical (unpaired) electrons. The fourth-order valence-electron chi connectivity index (χ4n) is 7.79. The molecule has 362 valence electrons. The van der Waals surface area contributed by atoms with E-state index in [0.717, 1.165) is 6.33 Å². The second-order valence-electron chi connectivity index (χ2n) is 15.0. The Bertz CT molecular complexity index is 2930. The summed E-state index contributed by atoms with van der Waals surface area (Å²) in [6.45, 7) is -6.29. The number of hydrogen-bond donors (Lipinski definition) is 9. The Kier molecular flexibility index (Phi) is 13.1. The number of ether oxygens (including phenoxy) is 4. The minimum Gasteiger partial charge on any atom is -0.387 e. The number of phosphoric acid groups is 2. The molecular formula is C31H40N15O17P3S. The van der Waals surface area contributed by atoms with Crippen LogP contribution in [0.15, 0.2) is 38.0 Å². The number of hydrogen-bond acceptors (Lipinski definition) is 26. The molecule has 0 amide bonds. The quantitative estimate of drug-likeness (QED) is 0.0460. The standard InChI is InChI=1S/C31H40N15O17P3S/c1-55-21-15(5-56-64(49,50)51)61-31(46-11-43-18-25(34)37-8-40-28(18)46)22(21)63-65(52,53)57-3-12-2-13(29(59-12)44-9-41-16-23(32)35-6-38-26(16)44)62-66(54,67)58-4-14-19(47)20(48)30(60-14)45-10-42-17-24(33)36-7-39-27(17)45/h6-15,19-22,29-31,47-48H,2-5H2,1H3,(H,52,53)(H,54,67)(H2,32,35,38)(H2,33,36,39)(H2,34,37,40)(H2,49,50,51). The van der Waals surface area contributed by atoms with Crippen molar-refractivity contribution in [2.75, 3.05) is 44.1 Å². The lowest BCUT2D eigenvalue weighted by molar-refractivity contribution is -0.0609. The first-order valence-corrected chi connectivity index (χ1v) is 25.1. The Morgan fingerprint density at radius 3 is 1.69 bits per heavy atom. The van der Waals surface area contributed by atoms with Crippen molar-refractivity contribution in [3.05, 3.63) is 38.0 Å². The van der Waals surface area contributed by atoms with Crippen LogP contribution >= 0.6 is 22.4 Å². The van der Waals surface area contributed by atoms with Crippen LogP contribution in [0.2, 0.25) is 0 Å². The lowest BCUT2D eigenvalue weighted by Crippen LogP contribution is -2.37. The number of aromatic nitrogens is 12. The lowest BCUT2D eigenvalue weighted by atomic mass is 10.1. The van der Waals surface area contributed by atoms with Gasteiger partial charge in [-0.2, -0.15) is 0 Å². The maximum absolute atomic E-state index is 13.8. The van der Waals surface area contributed by atoms with Gasteiger partial charge in [-0.05, 0) is 11.8 Å². The van der Waals surface area contributed by atoms with Crippen LogP contribution in [0.5, 0.6) is 0 Å². The van der Waals surface area contributed by atoms with Crippen molar-refractivity contribution < 1.29 is 80.5 Å². The average Bonchev–Trinajstić information content (AvgIpc) is 4.13. The summed E-state index contributed by atoms with van der Waals surface area (Å²) in [6.07, 6.45) is -7.48. The molecule has 6 aromatic heterocycles. The molecule has 13 atom stereocenters. The highest BCUT2D eigenvalue weighted by atomic mass is 32.5. The van der Waals surface area contributed by atoms with Crippen molar-refractivity contribution in [1.82, 2.24) is 58.6 Å². The van der Waals surface area contributed by atoms with Gasteiger partial charge in [0.2, 0.25) is 0 Å². The van der Waals surface area contributed by atoms with E-state index < -0.39 is 110 Å². The predicted octanol–water partition coefficient (Wildman–Crippen LogP) is -1.70. The number of nitrogens with zero attached hydrogens (tertiary/aromatic N) is 12. The number of methoxy groups -OCH3 is 1. The number of phosphoric ester groups is 2. The molecule has 3 aliphatic heterocycles. The maximum Gasteiger partial charge on any atom is 0.472 e. The Balaban J connectivity index is 0.909. The van der Waals surface area contributed by atoms with E-state index in [-0.39, 0.29) is 57.4 Å². The van der Waals surface area contributed by atoms with Crippen LogP contribution in [0.25, 0.3) is 33.5 Å². The van der Waals surface area contributed by atoms with Gasteiger partial charge >= 0.3 is 22.4 Å². The fraction of sp³-hybridized carbons (Fsp3) is 0.516. The van der Waals surface area contributed by atoms with Crippen molar-refractivity contribution in [3.8, 4) is 0 Å². The Morgan fingerprint density at radius 1 is 0.642 bits per heavy atom. The number of imidazole rings is 3. The molecule has 67 heavy (non-hydrogen) atoms. The highest BCUT2D eigenvalue weighted by Crippen LogP contribution is 2.53. The largest absolute Gasteiger partial charge is 0.472 e. The van der Waals surface area contributed by atoms with Crippen LogP contribution in [0.4, 0.5) is 17.5 Å². The summed E-state index contributed by atoms with van der Waals surface area (Å²) in [7, 11) is -9.00. The molecule has 3 aliphatic rings. The predicted molar refractivity (Wildman–Crippen MR) is 224 cm³/mol. The molecule has 32 nitrogen and oxygen atoms in total. The molecule has 6 aromatic rings. The molecule has 0 aliphatic carbocycles. The van der Waals surface area contributed by atoms with Gasteiger partial charge in [-0.1, -0.05) is 0 Å². The molecule has 0 saturated carbocycles. The molecule has 3 saturated heterocycles. The van der Waals surface area contributed by atoms with Crippen molar-refractivity contribution in [2.45, 2.75) is 73.9 Å². The lowest BCUT2D eigenvalue weighted by Gasteiger charge is -2.26. The first-order valence-electron chi connectivity index (χ1n) is 19.5. The van der Waals surface area contributed by atoms with Gasteiger partial charge < -0.3 is 75.0 Å². The van der Waals surface area contributed by atoms with E-state index in [1.165, 1.54) is 52.4 Å². The summed E-state index contributed by atoms with van der Waals surface area (Å²) in [4.78, 5) is 78.3. The second-order valence-corrected chi connectivity index (χ2v) is 20.4. The summed E-state index contributed by atoms with van der Waals surface area (Å²) in [5, 5.41) is 21.8. The second kappa shape index (κ2) is 18.5. The first-order chi connectivity index (χ1) is 31.8. The highest BCUT2D eigenvalue weighted by molar-refractivity contribution is 8.07. The Morgan fingerprint density at radius 2 is 1.15 bits per heavy atom. The van der Waals surface area contributed by atoms with E-state index in [4.69, 9.17) is 66.1 Å². The van der Waals surface area contributed by atoms with Crippen LogP contribution in [-0.2, 0) is 62.5 Å². The summed E-state index contributed by atoms with van der Waals surface area (Å²) in [5.74, 6) is 0.108. The van der Waals surface area contributed by atoms with Gasteiger partial charge in [0.1, 0.15) is 78.3 Å². The molecule has 3 fully saturated rings. The molecule has 0 aromatic carbocycles. The van der Waals surface area contributed by atoms with Crippen molar-refractivity contribution in [1.29, 1.82) is 0 Å². The third kappa shape index (κ3) is 9.63. The van der Waals surface area contributed by atoms with Crippen molar-refractivity contribution in [2.24, 2.45) is 0 Å². The Labute approximate surface area is 379 Å². The summed E-state index contributed by atoms with van der Waals surface area (Å²) in [6, 6.07) is 0. The number of anilines is 3. The molecule has 9 heterocycles. The minimum absolute atomic E-state index is 0.00191. The first kappa shape index (κ1) is 47.6. The van der Waals surface area contributed by atoms with Crippen molar-refractivity contribution >= 4 is 85.1 Å². The van der Waals surface area contributed by atoms with Crippen LogP contribution in [0, 0.1) is 0 Å². The van der Waals surface area contributed by atoms with Crippen LogP contribution in [0.1, 0.15) is 25.1 Å².